The summed E-state index contributed by atoms with van der Waals surface area (Å²) in [5, 5.41) is 3.31. The second-order valence-corrected chi connectivity index (χ2v) is 5.10. The van der Waals surface area contributed by atoms with Gasteiger partial charge in [-0.25, -0.2) is 9.78 Å². The van der Waals surface area contributed by atoms with Crippen molar-refractivity contribution in [2.75, 3.05) is 25.6 Å². The predicted molar refractivity (Wildman–Crippen MR) is 80.6 cm³/mol. The van der Waals surface area contributed by atoms with Gasteiger partial charge in [-0.3, -0.25) is 4.79 Å². The number of anilines is 1. The summed E-state index contributed by atoms with van der Waals surface area (Å²) in [4.78, 5) is 29.1. The number of hydrogen-bond acceptors (Lipinski definition) is 6. The molecule has 1 N–H and O–H groups in total. The minimum absolute atomic E-state index is 0.0233. The Morgan fingerprint density at radius 1 is 1.50 bits per heavy atom. The van der Waals surface area contributed by atoms with Crippen molar-refractivity contribution in [1.29, 1.82) is 0 Å². The third-order valence-electron chi connectivity index (χ3n) is 3.58. The number of carbonyl (C=O) groups is 2. The predicted octanol–water partition coefficient (Wildman–Crippen LogP) is 1.05. The van der Waals surface area contributed by atoms with Crippen molar-refractivity contribution in [2.24, 2.45) is 0 Å². The molecule has 7 nitrogen and oxygen atoms in total. The van der Waals surface area contributed by atoms with Crippen LogP contribution in [0.1, 0.15) is 20.3 Å². The van der Waals surface area contributed by atoms with Gasteiger partial charge in [0, 0.05) is 43.9 Å². The third kappa shape index (κ3) is 3.66. The van der Waals surface area contributed by atoms with Crippen LogP contribution in [0.2, 0.25) is 0 Å². The van der Waals surface area contributed by atoms with Gasteiger partial charge >= 0.3 is 5.97 Å². The molecule has 2 heterocycles. The fourth-order valence-electron chi connectivity index (χ4n) is 2.61. The molecule has 0 aliphatic carbocycles. The van der Waals surface area contributed by atoms with Gasteiger partial charge in [0.25, 0.3) is 0 Å². The van der Waals surface area contributed by atoms with Gasteiger partial charge in [0.2, 0.25) is 11.8 Å². The Hall–Kier alpha value is -2.31. The zero-order valence-corrected chi connectivity index (χ0v) is 13.0. The van der Waals surface area contributed by atoms with E-state index >= 15 is 0 Å². The topological polar surface area (TPSA) is 80.8 Å². The number of pyridine rings is 1. The van der Waals surface area contributed by atoms with Crippen LogP contribution in [0.3, 0.4) is 0 Å². The van der Waals surface area contributed by atoms with Gasteiger partial charge in [-0.05, 0) is 13.0 Å². The largest absolute Gasteiger partial charge is 0.478 e. The molecule has 1 amide bonds. The molecule has 1 aromatic rings. The fraction of sp³-hybridized carbons (Fsp3) is 0.533. The van der Waals surface area contributed by atoms with Crippen molar-refractivity contribution in [3.05, 3.63) is 18.3 Å². The number of methoxy groups -OCH3 is 1. The number of amides is 1. The van der Waals surface area contributed by atoms with E-state index in [9.17, 15) is 9.59 Å². The van der Waals surface area contributed by atoms with Crippen molar-refractivity contribution >= 4 is 17.6 Å². The first-order chi connectivity index (χ1) is 10.5. The molecule has 1 aromatic heterocycles. The second-order valence-electron chi connectivity index (χ2n) is 5.10. The maximum absolute atomic E-state index is 11.8. The molecule has 0 bridgehead atoms. The number of rotatable bonds is 5. The minimum Gasteiger partial charge on any atom is -0.478 e. The Labute approximate surface area is 129 Å². The van der Waals surface area contributed by atoms with Gasteiger partial charge in [-0.1, -0.05) is 0 Å². The standard InChI is InChI=1S/C15H21N3O4/c1-4-22-14-8-11(5-6-16-14)17-12-7-13(15(20)21-3)18(9-12)10(2)19/h5-6,8,12-13H,4,7,9H2,1-3H3,(H,16,17)/t12?,13-/m0/s1. The molecular weight excluding hydrogens is 286 g/mol. The molecule has 1 aliphatic heterocycles. The molecule has 0 radical (unpaired) electrons. The lowest BCUT2D eigenvalue weighted by Crippen LogP contribution is -2.40. The molecule has 0 aromatic carbocycles. The Morgan fingerprint density at radius 2 is 2.27 bits per heavy atom. The number of carbonyl (C=O) groups excluding carboxylic acids is 2. The first-order valence-corrected chi connectivity index (χ1v) is 7.25. The normalized spacial score (nSPS) is 20.6. The summed E-state index contributed by atoms with van der Waals surface area (Å²) in [5.74, 6) is 0.0205. The van der Waals surface area contributed by atoms with Crippen molar-refractivity contribution in [1.82, 2.24) is 9.88 Å². The van der Waals surface area contributed by atoms with Gasteiger partial charge in [0.1, 0.15) is 6.04 Å². The highest BCUT2D eigenvalue weighted by atomic mass is 16.5. The maximum atomic E-state index is 11.8. The highest BCUT2D eigenvalue weighted by Gasteiger charge is 2.39. The number of nitrogens with zero attached hydrogens (tertiary/aromatic N) is 2. The average molecular weight is 307 g/mol. The number of nitrogens with one attached hydrogen (secondary N) is 1. The molecule has 1 fully saturated rings. The van der Waals surface area contributed by atoms with E-state index in [0.717, 1.165) is 5.69 Å². The summed E-state index contributed by atoms with van der Waals surface area (Å²) in [6.07, 6.45) is 2.17. The molecule has 2 atom stereocenters. The first kappa shape index (κ1) is 16.1. The average Bonchev–Trinajstić information content (AvgIpc) is 2.91. The molecule has 0 spiro atoms. The molecule has 0 saturated carbocycles. The molecule has 120 valence electrons. The molecule has 7 heteroatoms. The molecule has 1 aliphatic rings. The Bertz CT molecular complexity index is 549. The summed E-state index contributed by atoms with van der Waals surface area (Å²) in [6, 6.07) is 3.07. The van der Waals surface area contributed by atoms with Crippen LogP contribution in [0, 0.1) is 0 Å². The summed E-state index contributed by atoms with van der Waals surface area (Å²) in [5.41, 5.74) is 0.845. The summed E-state index contributed by atoms with van der Waals surface area (Å²) in [6.45, 7) is 4.35. The lowest BCUT2D eigenvalue weighted by Gasteiger charge is -2.20. The monoisotopic (exact) mass is 307 g/mol. The maximum Gasteiger partial charge on any atom is 0.328 e. The van der Waals surface area contributed by atoms with Crippen LogP contribution in [0.15, 0.2) is 18.3 Å². The van der Waals surface area contributed by atoms with Crippen molar-refractivity contribution in [3.63, 3.8) is 0 Å². The van der Waals surface area contributed by atoms with Crippen LogP contribution in [0.5, 0.6) is 5.88 Å². The molecule has 1 saturated heterocycles. The van der Waals surface area contributed by atoms with E-state index < -0.39 is 6.04 Å². The quantitative estimate of drug-likeness (QED) is 0.819. The molecule has 1 unspecified atom stereocenters. The summed E-state index contributed by atoms with van der Waals surface area (Å²) < 4.78 is 10.1. The number of hydrogen-bond donors (Lipinski definition) is 1. The van der Waals surface area contributed by atoms with Gasteiger partial charge in [0.15, 0.2) is 0 Å². The Kier molecular flexibility index (Phi) is 5.19. The van der Waals surface area contributed by atoms with Gasteiger partial charge in [-0.15, -0.1) is 0 Å². The Balaban J connectivity index is 2.06. The zero-order chi connectivity index (χ0) is 16.1. The van der Waals surface area contributed by atoms with E-state index in [4.69, 9.17) is 9.47 Å². The van der Waals surface area contributed by atoms with Crippen molar-refractivity contribution < 1.29 is 19.1 Å². The lowest BCUT2D eigenvalue weighted by atomic mass is 10.1. The fourth-order valence-corrected chi connectivity index (χ4v) is 2.61. The lowest BCUT2D eigenvalue weighted by molar-refractivity contribution is -0.150. The minimum atomic E-state index is -0.534. The highest BCUT2D eigenvalue weighted by Crippen LogP contribution is 2.23. The molecule has 22 heavy (non-hydrogen) atoms. The van der Waals surface area contributed by atoms with Crippen molar-refractivity contribution in [2.45, 2.75) is 32.4 Å². The number of ether oxygens (including phenoxy) is 2. The van der Waals surface area contributed by atoms with E-state index in [0.29, 0.717) is 25.5 Å². The second kappa shape index (κ2) is 7.11. The summed E-state index contributed by atoms with van der Waals surface area (Å²) >= 11 is 0. The first-order valence-electron chi connectivity index (χ1n) is 7.25. The number of likely N-dealkylation sites (tertiary alicyclic amines) is 1. The van der Waals surface area contributed by atoms with Crippen LogP contribution in [-0.2, 0) is 14.3 Å². The summed E-state index contributed by atoms with van der Waals surface area (Å²) in [7, 11) is 1.33. The molecule has 2 rings (SSSR count). The van der Waals surface area contributed by atoms with E-state index in [2.05, 4.69) is 10.3 Å². The van der Waals surface area contributed by atoms with E-state index in [1.165, 1.54) is 18.9 Å². The zero-order valence-electron chi connectivity index (χ0n) is 13.0. The van der Waals surface area contributed by atoms with Gasteiger partial charge in [-0.2, -0.15) is 0 Å². The van der Waals surface area contributed by atoms with Crippen LogP contribution >= 0.6 is 0 Å². The Morgan fingerprint density at radius 3 is 2.91 bits per heavy atom. The van der Waals surface area contributed by atoms with Gasteiger partial charge in [0.05, 0.1) is 13.7 Å². The third-order valence-corrected chi connectivity index (χ3v) is 3.58. The van der Waals surface area contributed by atoms with E-state index in [1.807, 2.05) is 13.0 Å². The van der Waals surface area contributed by atoms with Crippen LogP contribution in [0.4, 0.5) is 5.69 Å². The van der Waals surface area contributed by atoms with E-state index in [1.54, 1.807) is 12.3 Å². The van der Waals surface area contributed by atoms with Crippen molar-refractivity contribution in [3.8, 4) is 5.88 Å². The number of esters is 1. The van der Waals surface area contributed by atoms with Gasteiger partial charge < -0.3 is 19.7 Å². The molecular formula is C15H21N3O4. The highest BCUT2D eigenvalue weighted by molar-refractivity contribution is 5.84. The van der Waals surface area contributed by atoms with Crippen LogP contribution in [-0.4, -0.2) is 54.1 Å². The van der Waals surface area contributed by atoms with E-state index in [-0.39, 0.29) is 17.9 Å². The smallest absolute Gasteiger partial charge is 0.328 e. The number of aromatic nitrogens is 1. The van der Waals surface area contributed by atoms with Crippen LogP contribution < -0.4 is 10.1 Å². The SMILES string of the molecule is CCOc1cc(NC2C[C@@H](C(=O)OC)N(C(C)=O)C2)ccn1. The van der Waals surface area contributed by atoms with Crippen LogP contribution in [0.25, 0.3) is 0 Å².